The number of rotatable bonds is 4. The van der Waals surface area contributed by atoms with E-state index in [1.165, 1.54) is 29.2 Å². The van der Waals surface area contributed by atoms with Gasteiger partial charge >= 0.3 is 6.09 Å². The van der Waals surface area contributed by atoms with Crippen LogP contribution in [0.15, 0.2) is 36.4 Å². The highest BCUT2D eigenvalue weighted by Crippen LogP contribution is 2.30. The summed E-state index contributed by atoms with van der Waals surface area (Å²) in [7, 11) is 0. The van der Waals surface area contributed by atoms with Crippen LogP contribution in [0.5, 0.6) is 0 Å². The summed E-state index contributed by atoms with van der Waals surface area (Å²) in [5, 5.41) is 11.6. The number of cyclic esters (lactones) is 1. The minimum atomic E-state index is -0.834. The van der Waals surface area contributed by atoms with E-state index < -0.39 is 23.8 Å². The second-order valence-corrected chi connectivity index (χ2v) is 6.15. The van der Waals surface area contributed by atoms with Gasteiger partial charge in [0.1, 0.15) is 18.2 Å². The Morgan fingerprint density at radius 1 is 1.04 bits per heavy atom. The number of carbonyl (C=O) groups is 1. The largest absolute Gasteiger partial charge is 0.448 e. The second-order valence-electron chi connectivity index (χ2n) is 6.15. The molecule has 0 bridgehead atoms. The molecule has 0 radical (unpaired) electrons. The molecule has 1 aliphatic rings. The Labute approximate surface area is 142 Å². The van der Waals surface area contributed by atoms with Crippen molar-refractivity contribution in [3.05, 3.63) is 48.0 Å². The Kier molecular flexibility index (Phi) is 3.80. The molecule has 1 saturated heterocycles. The average molecular weight is 346 g/mol. The number of nitrogens with zero attached hydrogens (tertiary/aromatic N) is 2. The number of amides is 1. The summed E-state index contributed by atoms with van der Waals surface area (Å²) in [5.74, 6) is -0.813. The molecule has 3 aromatic rings. The molecular weight excluding hydrogens is 330 g/mol. The Hall–Kier alpha value is -2.67. The summed E-state index contributed by atoms with van der Waals surface area (Å²) in [6.07, 6.45) is -1.27. The molecule has 4 rings (SSSR count). The second kappa shape index (κ2) is 6.00. The molecule has 1 unspecified atom stereocenters. The van der Waals surface area contributed by atoms with Crippen LogP contribution in [0.1, 0.15) is 0 Å². The van der Waals surface area contributed by atoms with Gasteiger partial charge in [0.15, 0.2) is 0 Å². The van der Waals surface area contributed by atoms with Crippen molar-refractivity contribution < 1.29 is 23.4 Å². The van der Waals surface area contributed by atoms with Crippen LogP contribution in [-0.2, 0) is 11.3 Å². The molecule has 1 atom stereocenters. The lowest BCUT2D eigenvalue weighted by Gasteiger charge is -2.19. The molecule has 25 heavy (non-hydrogen) atoms. The van der Waals surface area contributed by atoms with Crippen LogP contribution in [0.2, 0.25) is 0 Å². The molecule has 7 heteroatoms. The topological polar surface area (TPSA) is 54.7 Å². The smallest absolute Gasteiger partial charge is 0.410 e. The van der Waals surface area contributed by atoms with Crippen LogP contribution in [-0.4, -0.2) is 46.5 Å². The van der Waals surface area contributed by atoms with Gasteiger partial charge in [0.2, 0.25) is 0 Å². The summed E-state index contributed by atoms with van der Waals surface area (Å²) >= 11 is 0. The first-order chi connectivity index (χ1) is 12.0. The van der Waals surface area contributed by atoms with Gasteiger partial charge in [-0.3, -0.25) is 0 Å². The fraction of sp³-hybridized carbons (Fsp3) is 0.278. The number of carbonyl (C=O) groups excluding carboxylic acids is 1. The molecule has 1 amide bonds. The lowest BCUT2D eigenvalue weighted by Crippen LogP contribution is -2.35. The van der Waals surface area contributed by atoms with E-state index in [1.54, 1.807) is 12.1 Å². The quantitative estimate of drug-likeness (QED) is 0.790. The van der Waals surface area contributed by atoms with Crippen molar-refractivity contribution in [2.75, 3.05) is 19.7 Å². The SMILES string of the molecule is O=C1OCCN1CC(O)Cn1c2ccc(F)cc2c2cc(F)ccc21. The summed E-state index contributed by atoms with van der Waals surface area (Å²) in [5.41, 5.74) is 1.40. The number of β-amino-alcohol motifs (C(OH)–C–C–N with tert-alkyl or cyclic N) is 1. The highest BCUT2D eigenvalue weighted by Gasteiger charge is 2.25. The molecule has 2 aromatic carbocycles. The lowest BCUT2D eigenvalue weighted by atomic mass is 10.1. The van der Waals surface area contributed by atoms with Gasteiger partial charge in [-0.05, 0) is 36.4 Å². The van der Waals surface area contributed by atoms with Gasteiger partial charge in [0.25, 0.3) is 0 Å². The third-order valence-electron chi connectivity index (χ3n) is 4.46. The number of aromatic nitrogens is 1. The molecule has 0 aliphatic carbocycles. The van der Waals surface area contributed by atoms with E-state index >= 15 is 0 Å². The van der Waals surface area contributed by atoms with E-state index in [0.717, 1.165) is 0 Å². The van der Waals surface area contributed by atoms with Gasteiger partial charge in [0.05, 0.1) is 25.7 Å². The van der Waals surface area contributed by atoms with Gasteiger partial charge in [-0.15, -0.1) is 0 Å². The first-order valence-electron chi connectivity index (χ1n) is 8.00. The van der Waals surface area contributed by atoms with Crippen molar-refractivity contribution >= 4 is 27.9 Å². The first-order valence-corrected chi connectivity index (χ1v) is 8.00. The summed E-state index contributed by atoms with van der Waals surface area (Å²) in [4.78, 5) is 13.0. The molecule has 2 heterocycles. The highest BCUT2D eigenvalue weighted by atomic mass is 19.1. The minimum Gasteiger partial charge on any atom is -0.448 e. The fourth-order valence-corrected chi connectivity index (χ4v) is 3.36. The zero-order chi connectivity index (χ0) is 17.6. The Bertz CT molecular complexity index is 911. The summed E-state index contributed by atoms with van der Waals surface area (Å²) < 4.78 is 33.9. The van der Waals surface area contributed by atoms with Crippen molar-refractivity contribution in [2.45, 2.75) is 12.6 Å². The zero-order valence-corrected chi connectivity index (χ0v) is 13.3. The maximum Gasteiger partial charge on any atom is 0.410 e. The van der Waals surface area contributed by atoms with Gasteiger partial charge in [-0.25, -0.2) is 13.6 Å². The summed E-state index contributed by atoms with van der Waals surface area (Å²) in [6, 6.07) is 8.60. The monoisotopic (exact) mass is 346 g/mol. The van der Waals surface area contributed by atoms with Gasteiger partial charge < -0.3 is 19.3 Å². The number of ether oxygens (including phenoxy) is 1. The molecule has 0 saturated carbocycles. The molecule has 0 spiro atoms. The third-order valence-corrected chi connectivity index (χ3v) is 4.46. The fourth-order valence-electron chi connectivity index (χ4n) is 3.36. The van der Waals surface area contributed by atoms with Crippen LogP contribution in [0, 0.1) is 11.6 Å². The normalized spacial score (nSPS) is 16.0. The van der Waals surface area contributed by atoms with E-state index in [0.29, 0.717) is 35.0 Å². The van der Waals surface area contributed by atoms with Gasteiger partial charge in [-0.1, -0.05) is 0 Å². The number of aliphatic hydroxyl groups is 1. The van der Waals surface area contributed by atoms with Gasteiger partial charge in [-0.2, -0.15) is 0 Å². The number of aliphatic hydroxyl groups excluding tert-OH is 1. The molecule has 1 N–H and O–H groups in total. The Balaban J connectivity index is 1.73. The third kappa shape index (κ3) is 2.80. The Morgan fingerprint density at radius 3 is 2.16 bits per heavy atom. The van der Waals surface area contributed by atoms with Crippen LogP contribution < -0.4 is 0 Å². The van der Waals surface area contributed by atoms with Crippen molar-refractivity contribution in [3.63, 3.8) is 0 Å². The van der Waals surface area contributed by atoms with Crippen LogP contribution >= 0.6 is 0 Å². The minimum absolute atomic E-state index is 0.141. The molecule has 1 aliphatic heterocycles. The average Bonchev–Trinajstić information content (AvgIpc) is 3.10. The number of fused-ring (bicyclic) bond motifs is 3. The molecule has 1 aromatic heterocycles. The van der Waals surface area contributed by atoms with Crippen LogP contribution in [0.25, 0.3) is 21.8 Å². The standard InChI is InChI=1S/C18H16F2N2O3/c19-11-1-3-16-14(7-11)15-8-12(20)2-4-17(15)22(16)10-13(23)9-21-5-6-25-18(21)24/h1-4,7-8,13,23H,5-6,9-10H2. The number of benzene rings is 2. The highest BCUT2D eigenvalue weighted by molar-refractivity contribution is 6.08. The van der Waals surface area contributed by atoms with Crippen molar-refractivity contribution in [1.29, 1.82) is 0 Å². The zero-order valence-electron chi connectivity index (χ0n) is 13.3. The van der Waals surface area contributed by atoms with Crippen LogP contribution in [0.4, 0.5) is 13.6 Å². The first kappa shape index (κ1) is 15.8. The maximum atomic E-state index is 13.6. The van der Waals surface area contributed by atoms with E-state index in [2.05, 4.69) is 0 Å². The van der Waals surface area contributed by atoms with E-state index in [9.17, 15) is 18.7 Å². The molecular formula is C18H16F2N2O3. The predicted molar refractivity (Wildman–Crippen MR) is 88.3 cm³/mol. The van der Waals surface area contributed by atoms with E-state index in [-0.39, 0.29) is 13.1 Å². The predicted octanol–water partition coefficient (Wildman–Crippen LogP) is 2.89. The number of halogens is 2. The van der Waals surface area contributed by atoms with E-state index in [1.807, 2.05) is 4.57 Å². The molecule has 130 valence electrons. The van der Waals surface area contributed by atoms with Gasteiger partial charge in [0, 0.05) is 21.8 Å². The molecule has 1 fully saturated rings. The number of hydrogen-bond acceptors (Lipinski definition) is 3. The van der Waals surface area contributed by atoms with E-state index in [4.69, 9.17) is 4.74 Å². The lowest BCUT2D eigenvalue weighted by molar-refractivity contribution is 0.108. The number of hydrogen-bond donors (Lipinski definition) is 1. The summed E-state index contributed by atoms with van der Waals surface area (Å²) in [6.45, 7) is 1.10. The van der Waals surface area contributed by atoms with Crippen molar-refractivity contribution in [3.8, 4) is 0 Å². The Morgan fingerprint density at radius 2 is 1.64 bits per heavy atom. The van der Waals surface area contributed by atoms with Crippen LogP contribution in [0.3, 0.4) is 0 Å². The maximum absolute atomic E-state index is 13.6. The molecule has 5 nitrogen and oxygen atoms in total. The van der Waals surface area contributed by atoms with Crippen molar-refractivity contribution in [1.82, 2.24) is 9.47 Å². The van der Waals surface area contributed by atoms with Crippen molar-refractivity contribution in [2.24, 2.45) is 0 Å².